The van der Waals surface area contributed by atoms with E-state index in [9.17, 15) is 0 Å². The van der Waals surface area contributed by atoms with Gasteiger partial charge < -0.3 is 0 Å². The van der Waals surface area contributed by atoms with Gasteiger partial charge in [0.2, 0.25) is 0 Å². The summed E-state index contributed by atoms with van der Waals surface area (Å²) >= 11 is 15.6. The minimum absolute atomic E-state index is 0.0564. The second kappa shape index (κ2) is 6.73. The van der Waals surface area contributed by atoms with Gasteiger partial charge in [0.05, 0.1) is 6.04 Å². The van der Waals surface area contributed by atoms with Gasteiger partial charge in [0.25, 0.3) is 0 Å². The molecule has 100 valence electrons. The largest absolute Gasteiger partial charge is 0.271 e. The van der Waals surface area contributed by atoms with Gasteiger partial charge in [0.1, 0.15) is 0 Å². The second-order valence-corrected chi connectivity index (χ2v) is 5.98. The SMILES string of the molecule is NNC(Cc1cccc(Br)c1)c1ccc(Cl)cc1Cl. The average molecular weight is 360 g/mol. The summed E-state index contributed by atoms with van der Waals surface area (Å²) in [5.74, 6) is 5.64. The Morgan fingerprint density at radius 2 is 1.95 bits per heavy atom. The number of halogens is 3. The van der Waals surface area contributed by atoms with Crippen molar-refractivity contribution in [2.45, 2.75) is 12.5 Å². The first-order valence-electron chi connectivity index (χ1n) is 5.75. The smallest absolute Gasteiger partial charge is 0.0515 e. The molecule has 1 atom stereocenters. The van der Waals surface area contributed by atoms with E-state index in [1.807, 2.05) is 24.3 Å². The zero-order chi connectivity index (χ0) is 13.8. The van der Waals surface area contributed by atoms with Gasteiger partial charge >= 0.3 is 0 Å². The molecular formula is C14H13BrCl2N2. The molecule has 0 aromatic heterocycles. The predicted octanol–water partition coefficient (Wildman–Crippen LogP) is 4.50. The summed E-state index contributed by atoms with van der Waals surface area (Å²) in [6.45, 7) is 0. The van der Waals surface area contributed by atoms with E-state index in [1.165, 1.54) is 5.56 Å². The molecule has 2 aromatic carbocycles. The highest BCUT2D eigenvalue weighted by atomic mass is 79.9. The highest BCUT2D eigenvalue weighted by molar-refractivity contribution is 9.10. The summed E-state index contributed by atoms with van der Waals surface area (Å²) in [5, 5.41) is 1.23. The number of benzene rings is 2. The van der Waals surface area contributed by atoms with Crippen LogP contribution in [-0.4, -0.2) is 0 Å². The van der Waals surface area contributed by atoms with Gasteiger partial charge in [0, 0.05) is 14.5 Å². The lowest BCUT2D eigenvalue weighted by atomic mass is 9.99. The molecule has 19 heavy (non-hydrogen) atoms. The van der Waals surface area contributed by atoms with Crippen LogP contribution < -0.4 is 11.3 Å². The third-order valence-corrected chi connectivity index (χ3v) is 3.92. The van der Waals surface area contributed by atoms with Crippen LogP contribution in [0, 0.1) is 0 Å². The van der Waals surface area contributed by atoms with E-state index in [2.05, 4.69) is 33.5 Å². The van der Waals surface area contributed by atoms with Gasteiger partial charge in [-0.25, -0.2) is 0 Å². The first-order chi connectivity index (χ1) is 9.10. The van der Waals surface area contributed by atoms with E-state index in [4.69, 9.17) is 29.0 Å². The maximum absolute atomic E-state index is 6.21. The lowest BCUT2D eigenvalue weighted by molar-refractivity contribution is 0.552. The summed E-state index contributed by atoms with van der Waals surface area (Å²) in [7, 11) is 0. The molecule has 0 saturated carbocycles. The van der Waals surface area contributed by atoms with Gasteiger partial charge in [0.15, 0.2) is 0 Å². The predicted molar refractivity (Wildman–Crippen MR) is 84.4 cm³/mol. The molecule has 2 nitrogen and oxygen atoms in total. The standard InChI is InChI=1S/C14H13BrCl2N2/c15-10-3-1-2-9(6-10)7-14(19-18)12-5-4-11(16)8-13(12)17/h1-6,8,14,19H,7,18H2. The van der Waals surface area contributed by atoms with Crippen LogP contribution >= 0.6 is 39.1 Å². The maximum atomic E-state index is 6.21. The molecule has 0 bridgehead atoms. The van der Waals surface area contributed by atoms with E-state index in [0.717, 1.165) is 16.5 Å². The van der Waals surface area contributed by atoms with Crippen LogP contribution in [0.5, 0.6) is 0 Å². The molecule has 0 radical (unpaired) electrons. The summed E-state index contributed by atoms with van der Waals surface area (Å²) < 4.78 is 1.04. The Morgan fingerprint density at radius 1 is 1.16 bits per heavy atom. The zero-order valence-corrected chi connectivity index (χ0v) is 13.1. The average Bonchev–Trinajstić information content (AvgIpc) is 2.37. The highest BCUT2D eigenvalue weighted by Gasteiger charge is 2.14. The monoisotopic (exact) mass is 358 g/mol. The molecule has 0 aliphatic carbocycles. The zero-order valence-electron chi connectivity index (χ0n) is 10.0. The van der Waals surface area contributed by atoms with Crippen molar-refractivity contribution < 1.29 is 0 Å². The van der Waals surface area contributed by atoms with Crippen LogP contribution in [-0.2, 0) is 6.42 Å². The fourth-order valence-corrected chi connectivity index (χ4v) is 2.93. The van der Waals surface area contributed by atoms with E-state index in [0.29, 0.717) is 10.0 Å². The van der Waals surface area contributed by atoms with Crippen molar-refractivity contribution in [3.63, 3.8) is 0 Å². The van der Waals surface area contributed by atoms with Gasteiger partial charge in [-0.15, -0.1) is 0 Å². The third kappa shape index (κ3) is 3.94. The molecule has 2 aromatic rings. The second-order valence-electron chi connectivity index (χ2n) is 4.22. The van der Waals surface area contributed by atoms with Crippen molar-refractivity contribution in [1.82, 2.24) is 5.43 Å². The van der Waals surface area contributed by atoms with Crippen molar-refractivity contribution >= 4 is 39.1 Å². The summed E-state index contributed by atoms with van der Waals surface area (Å²) in [6, 6.07) is 13.5. The van der Waals surface area contributed by atoms with E-state index < -0.39 is 0 Å². The van der Waals surface area contributed by atoms with Crippen molar-refractivity contribution in [2.24, 2.45) is 5.84 Å². The summed E-state index contributed by atoms with van der Waals surface area (Å²) in [4.78, 5) is 0. The Hall–Kier alpha value is -0.580. The first-order valence-corrected chi connectivity index (χ1v) is 7.30. The highest BCUT2D eigenvalue weighted by Crippen LogP contribution is 2.28. The molecule has 0 spiro atoms. The van der Waals surface area contributed by atoms with Crippen molar-refractivity contribution in [3.8, 4) is 0 Å². The van der Waals surface area contributed by atoms with Crippen LogP contribution in [0.3, 0.4) is 0 Å². The molecule has 0 aliphatic heterocycles. The Morgan fingerprint density at radius 3 is 2.58 bits per heavy atom. The van der Waals surface area contributed by atoms with Crippen LogP contribution in [0.4, 0.5) is 0 Å². The molecule has 2 rings (SSSR count). The molecule has 0 heterocycles. The summed E-state index contributed by atoms with van der Waals surface area (Å²) in [5.41, 5.74) is 4.91. The minimum Gasteiger partial charge on any atom is -0.271 e. The Bertz CT molecular complexity index is 575. The van der Waals surface area contributed by atoms with Crippen LogP contribution in [0.1, 0.15) is 17.2 Å². The molecule has 0 saturated heterocycles. The van der Waals surface area contributed by atoms with E-state index in [-0.39, 0.29) is 6.04 Å². The van der Waals surface area contributed by atoms with Gasteiger partial charge in [-0.2, -0.15) is 0 Å². The summed E-state index contributed by atoms with van der Waals surface area (Å²) in [6.07, 6.45) is 0.747. The molecule has 1 unspecified atom stereocenters. The Labute approximate surface area is 131 Å². The fourth-order valence-electron chi connectivity index (χ4n) is 1.94. The number of rotatable bonds is 4. The maximum Gasteiger partial charge on any atom is 0.0515 e. The first kappa shape index (κ1) is 14.8. The number of hydrogen-bond acceptors (Lipinski definition) is 2. The Kier molecular flexibility index (Phi) is 5.25. The lowest BCUT2D eigenvalue weighted by Crippen LogP contribution is -2.29. The van der Waals surface area contributed by atoms with Crippen LogP contribution in [0.25, 0.3) is 0 Å². The number of nitrogens with one attached hydrogen (secondary N) is 1. The van der Waals surface area contributed by atoms with Crippen molar-refractivity contribution in [3.05, 3.63) is 68.1 Å². The van der Waals surface area contributed by atoms with Crippen molar-refractivity contribution in [2.75, 3.05) is 0 Å². The van der Waals surface area contributed by atoms with E-state index >= 15 is 0 Å². The number of hydrogen-bond donors (Lipinski definition) is 2. The third-order valence-electron chi connectivity index (χ3n) is 2.87. The molecule has 0 amide bonds. The minimum atomic E-state index is -0.0564. The topological polar surface area (TPSA) is 38.0 Å². The molecule has 5 heteroatoms. The Balaban J connectivity index is 2.25. The van der Waals surface area contributed by atoms with Crippen molar-refractivity contribution in [1.29, 1.82) is 0 Å². The molecule has 0 fully saturated rings. The van der Waals surface area contributed by atoms with Crippen LogP contribution in [0.15, 0.2) is 46.9 Å². The lowest BCUT2D eigenvalue weighted by Gasteiger charge is -2.18. The fraction of sp³-hybridized carbons (Fsp3) is 0.143. The molecule has 0 aliphatic rings. The molecular weight excluding hydrogens is 347 g/mol. The molecule has 3 N–H and O–H groups in total. The number of nitrogens with two attached hydrogens (primary N) is 1. The van der Waals surface area contributed by atoms with Crippen LogP contribution in [0.2, 0.25) is 10.0 Å². The number of hydrazine groups is 1. The quantitative estimate of drug-likeness (QED) is 0.622. The van der Waals surface area contributed by atoms with E-state index in [1.54, 1.807) is 6.07 Å². The van der Waals surface area contributed by atoms with Gasteiger partial charge in [-0.1, -0.05) is 57.3 Å². The van der Waals surface area contributed by atoms with Gasteiger partial charge in [-0.3, -0.25) is 11.3 Å². The normalized spacial score (nSPS) is 12.4. The van der Waals surface area contributed by atoms with Gasteiger partial charge in [-0.05, 0) is 41.8 Å².